The van der Waals surface area contributed by atoms with E-state index in [2.05, 4.69) is 5.32 Å². The van der Waals surface area contributed by atoms with Crippen LogP contribution in [0.15, 0.2) is 60.7 Å². The third kappa shape index (κ3) is 9.08. The number of fused-ring (bicyclic) bond motifs is 2. The molecule has 3 aromatic carbocycles. The standard InChI is InChI=1S/C19H21N2O3.C14H15N3O5.Y/c1-2-5-19(23)21(14-22)11-13-24-12-10-15-6-3-8-17-16(15)7-4-9-18(17)20;18-11-4-3-10(13(20)16-11)17-6-9-8(14(17)21)2-1-7(5-15-22)12(9)19;/h2-9,14,20H,10-13H2,1H3;1-2,10,15,19,22H,3-6H2,(H,16,18,20);/q-1;;/b5-2-;;. The third-order valence-corrected chi connectivity index (χ3v) is 7.77. The zero-order chi connectivity index (χ0) is 33.2. The van der Waals surface area contributed by atoms with E-state index in [4.69, 9.17) is 15.7 Å². The van der Waals surface area contributed by atoms with Gasteiger partial charge in [0, 0.05) is 62.4 Å². The number of aromatic hydroxyl groups is 1. The Kier molecular flexibility index (Phi) is 14.2. The Balaban J connectivity index is 0.000000251. The van der Waals surface area contributed by atoms with Gasteiger partial charge in [-0.3, -0.25) is 34.2 Å². The van der Waals surface area contributed by atoms with Crippen LogP contribution in [0, 0.1) is 0 Å². The van der Waals surface area contributed by atoms with Crippen molar-refractivity contribution in [1.82, 2.24) is 20.6 Å². The van der Waals surface area contributed by atoms with Crippen molar-refractivity contribution in [2.45, 2.75) is 45.3 Å². The first-order chi connectivity index (χ1) is 22.2. The Morgan fingerprint density at radius 2 is 1.85 bits per heavy atom. The minimum Gasteiger partial charge on any atom is -0.698 e. The minimum atomic E-state index is -0.712. The molecular formula is C33H36N5O8Y-. The molecule has 0 aliphatic carbocycles. The SMILES string of the molecule is C/C=C\C(=O)N(C=O)CCOCCc1cccc2c([NH-])cccc12.O=C1CCC(N2Cc3c(ccc(CNO)c3O)C2=O)C(=O)N1.[Y]. The number of carbonyl (C=O) groups excluding carboxylic acids is 5. The second-order valence-corrected chi connectivity index (χ2v) is 10.7. The zero-order valence-corrected chi connectivity index (χ0v) is 28.7. The van der Waals surface area contributed by atoms with E-state index >= 15 is 0 Å². The molecule has 47 heavy (non-hydrogen) atoms. The Hall–Kier alpha value is -4.01. The number of phenolic OH excluding ortho intramolecular Hbond substituents is 1. The molecule has 1 saturated heterocycles. The summed E-state index contributed by atoms with van der Waals surface area (Å²) >= 11 is 0. The van der Waals surface area contributed by atoms with Crippen molar-refractivity contribution in [1.29, 1.82) is 0 Å². The molecule has 1 unspecified atom stereocenters. The number of piperidine rings is 1. The average Bonchev–Trinajstić information content (AvgIpc) is 3.37. The molecule has 5 N–H and O–H groups in total. The first kappa shape index (κ1) is 37.5. The van der Waals surface area contributed by atoms with Crippen molar-refractivity contribution in [2.75, 3.05) is 19.8 Å². The van der Waals surface area contributed by atoms with Gasteiger partial charge in [-0.15, -0.1) is 5.69 Å². The summed E-state index contributed by atoms with van der Waals surface area (Å²) in [6.07, 6.45) is 4.64. The number of hydrogen-bond donors (Lipinski definition) is 4. The largest absolute Gasteiger partial charge is 0.698 e. The zero-order valence-electron chi connectivity index (χ0n) is 25.9. The number of hydroxylamine groups is 1. The van der Waals surface area contributed by atoms with Gasteiger partial charge in [0.05, 0.1) is 26.3 Å². The quantitative estimate of drug-likeness (QED) is 0.0758. The van der Waals surface area contributed by atoms with Crippen LogP contribution in [0.3, 0.4) is 0 Å². The molecule has 1 radical (unpaired) electrons. The number of benzene rings is 3. The summed E-state index contributed by atoms with van der Waals surface area (Å²) in [5, 5.41) is 23.1. The van der Waals surface area contributed by atoms with Crippen molar-refractivity contribution < 1.29 is 71.7 Å². The smallest absolute Gasteiger partial charge is 0.255 e. The molecule has 0 saturated carbocycles. The van der Waals surface area contributed by atoms with E-state index < -0.39 is 11.9 Å². The fourth-order valence-electron chi connectivity index (χ4n) is 5.39. The topological polar surface area (TPSA) is 189 Å². The summed E-state index contributed by atoms with van der Waals surface area (Å²) in [4.78, 5) is 60.4. The summed E-state index contributed by atoms with van der Waals surface area (Å²) in [7, 11) is 0. The number of amides is 5. The Labute approximate surface area is 296 Å². The Bertz CT molecular complexity index is 1660. The molecule has 3 aromatic rings. The maximum atomic E-state index is 12.4. The van der Waals surface area contributed by atoms with E-state index in [0.29, 0.717) is 48.4 Å². The molecule has 2 aliphatic heterocycles. The van der Waals surface area contributed by atoms with Gasteiger partial charge in [0.25, 0.3) is 11.8 Å². The third-order valence-electron chi connectivity index (χ3n) is 7.77. The number of carbonyl (C=O) groups is 5. The van der Waals surface area contributed by atoms with Gasteiger partial charge in [-0.2, -0.15) is 0 Å². The van der Waals surface area contributed by atoms with Crippen molar-refractivity contribution in [3.63, 3.8) is 0 Å². The van der Waals surface area contributed by atoms with Crippen LogP contribution in [0.5, 0.6) is 5.75 Å². The first-order valence-electron chi connectivity index (χ1n) is 14.7. The van der Waals surface area contributed by atoms with Crippen LogP contribution in [0.4, 0.5) is 5.69 Å². The van der Waals surface area contributed by atoms with E-state index in [1.54, 1.807) is 31.2 Å². The predicted octanol–water partition coefficient (Wildman–Crippen LogP) is 3.27. The molecule has 13 nitrogen and oxygen atoms in total. The monoisotopic (exact) mass is 719 g/mol. The number of phenols is 1. The van der Waals surface area contributed by atoms with E-state index in [1.807, 2.05) is 35.8 Å². The molecule has 5 amide bonds. The van der Waals surface area contributed by atoms with Gasteiger partial charge >= 0.3 is 0 Å². The fraction of sp³-hybridized carbons (Fsp3) is 0.303. The van der Waals surface area contributed by atoms with Gasteiger partial charge in [-0.1, -0.05) is 48.5 Å². The van der Waals surface area contributed by atoms with Crippen LogP contribution >= 0.6 is 0 Å². The van der Waals surface area contributed by atoms with Gasteiger partial charge < -0.3 is 25.7 Å². The minimum absolute atomic E-state index is 0. The number of rotatable bonds is 11. The molecule has 5 rings (SSSR count). The maximum Gasteiger partial charge on any atom is 0.255 e. The summed E-state index contributed by atoms with van der Waals surface area (Å²) < 4.78 is 5.55. The maximum absolute atomic E-state index is 12.4. The second kappa shape index (κ2) is 17.8. The van der Waals surface area contributed by atoms with Gasteiger partial charge in [-0.05, 0) is 48.2 Å². The van der Waals surface area contributed by atoms with Crippen molar-refractivity contribution >= 4 is 46.5 Å². The molecule has 245 valence electrons. The fourth-order valence-corrected chi connectivity index (χ4v) is 5.39. The van der Waals surface area contributed by atoms with Gasteiger partial charge in [0.1, 0.15) is 11.8 Å². The van der Waals surface area contributed by atoms with Crippen molar-refractivity contribution in [2.24, 2.45) is 0 Å². The van der Waals surface area contributed by atoms with Crippen LogP contribution in [0.2, 0.25) is 0 Å². The summed E-state index contributed by atoms with van der Waals surface area (Å²) in [5.74, 6) is -1.59. The molecular weight excluding hydrogens is 683 g/mol. The Morgan fingerprint density at radius 1 is 1.11 bits per heavy atom. The normalized spacial score (nSPS) is 15.5. The molecule has 2 aliphatic rings. The van der Waals surface area contributed by atoms with Gasteiger partial charge in [0.2, 0.25) is 18.2 Å². The molecule has 1 fully saturated rings. The molecule has 0 spiro atoms. The van der Waals surface area contributed by atoms with Crippen LogP contribution in [-0.4, -0.2) is 76.0 Å². The second-order valence-electron chi connectivity index (χ2n) is 10.7. The number of hydrogen-bond acceptors (Lipinski definition) is 9. The molecule has 2 heterocycles. The molecule has 1 atom stereocenters. The number of ether oxygens (including phenoxy) is 1. The number of nitrogens with zero attached hydrogens (tertiary/aromatic N) is 2. The van der Waals surface area contributed by atoms with Crippen LogP contribution in [-0.2, 0) is 76.1 Å². The van der Waals surface area contributed by atoms with Gasteiger partial charge in [-0.25, -0.2) is 5.48 Å². The summed E-state index contributed by atoms with van der Waals surface area (Å²) in [6, 6.07) is 14.0. The molecule has 0 bridgehead atoms. The Morgan fingerprint density at radius 3 is 2.55 bits per heavy atom. The van der Waals surface area contributed by atoms with E-state index in [0.717, 1.165) is 21.2 Å². The molecule has 0 aromatic heterocycles. The van der Waals surface area contributed by atoms with Gasteiger partial charge in [0.15, 0.2) is 0 Å². The number of imide groups is 2. The van der Waals surface area contributed by atoms with E-state index in [-0.39, 0.29) is 88.7 Å². The summed E-state index contributed by atoms with van der Waals surface area (Å²) in [5.41, 5.74) is 12.8. The predicted molar refractivity (Wildman–Crippen MR) is 168 cm³/mol. The van der Waals surface area contributed by atoms with Crippen LogP contribution in [0.25, 0.3) is 16.5 Å². The van der Waals surface area contributed by atoms with Crippen LogP contribution < -0.4 is 10.8 Å². The van der Waals surface area contributed by atoms with Crippen molar-refractivity contribution in [3.05, 3.63) is 88.7 Å². The van der Waals surface area contributed by atoms with Crippen LogP contribution in [0.1, 0.15) is 46.8 Å². The van der Waals surface area contributed by atoms with Crippen molar-refractivity contribution in [3.8, 4) is 5.75 Å². The first-order valence-corrected chi connectivity index (χ1v) is 14.7. The summed E-state index contributed by atoms with van der Waals surface area (Å²) in [6.45, 7) is 2.91. The van der Waals surface area contributed by atoms with E-state index in [9.17, 15) is 29.1 Å². The molecule has 14 heteroatoms. The number of allylic oxidation sites excluding steroid dienone is 1. The average molecular weight is 720 g/mol. The van der Waals surface area contributed by atoms with E-state index in [1.165, 1.54) is 11.0 Å². The number of nitrogens with one attached hydrogen (secondary N) is 3.